The summed E-state index contributed by atoms with van der Waals surface area (Å²) >= 11 is 0. The first-order chi connectivity index (χ1) is 31.5. The van der Waals surface area contributed by atoms with Gasteiger partial charge in [0.15, 0.2) is 11.2 Å². The molecule has 0 aliphatic carbocycles. The van der Waals surface area contributed by atoms with Gasteiger partial charge < -0.3 is 27.3 Å². The second-order valence-corrected chi connectivity index (χ2v) is 17.2. The number of hydrogen-bond acceptors (Lipinski definition) is 7. The number of benzene rings is 11. The molecule has 0 N–H and O–H groups in total. The lowest BCUT2D eigenvalue weighted by atomic mass is 9.90. The van der Waals surface area contributed by atoms with Crippen molar-refractivity contribution in [2.75, 3.05) is 28.4 Å². The van der Waals surface area contributed by atoms with Gasteiger partial charge in [0, 0.05) is 53.9 Å². The summed E-state index contributed by atoms with van der Waals surface area (Å²) in [7, 11) is 4.71. The van der Waals surface area contributed by atoms with Crippen LogP contribution in [0.4, 0.5) is 0 Å². The molecule has 0 bridgehead atoms. The van der Waals surface area contributed by atoms with Crippen LogP contribution in [0.5, 0.6) is 23.0 Å². The van der Waals surface area contributed by atoms with Gasteiger partial charge in [0.25, 0.3) is 0 Å². The van der Waals surface area contributed by atoms with E-state index in [4.69, 9.17) is 31.9 Å². The first kappa shape index (κ1) is 38.3. The van der Waals surface area contributed by atoms with Crippen molar-refractivity contribution >= 4 is 116 Å². The highest BCUT2D eigenvalue weighted by molar-refractivity contribution is 7.31. The molecular weight excluding hydrogens is 816 g/mol. The van der Waals surface area contributed by atoms with E-state index in [-0.39, 0.29) is 6.10 Å². The Morgan fingerprint density at radius 1 is 0.359 bits per heavy atom. The third kappa shape index (κ3) is 5.64. The largest absolute Gasteiger partial charge is 0.496 e. The van der Waals surface area contributed by atoms with E-state index in [0.29, 0.717) is 22.7 Å². The lowest BCUT2D eigenvalue weighted by Crippen LogP contribution is -2.00. The zero-order valence-electron chi connectivity index (χ0n) is 35.8. The van der Waals surface area contributed by atoms with Crippen LogP contribution < -0.4 is 23.5 Å². The first-order valence-electron chi connectivity index (χ1n) is 21.3. The molecule has 1 aromatic heterocycles. The summed E-state index contributed by atoms with van der Waals surface area (Å²) in [4.78, 5) is 0. The maximum absolute atomic E-state index is 7.38. The summed E-state index contributed by atoms with van der Waals surface area (Å²) in [5.74, 6) is 2.76. The highest BCUT2D eigenvalue weighted by atomic mass is 31.1. The molecule has 0 saturated carbocycles. The fourth-order valence-electron chi connectivity index (χ4n) is 10.0. The van der Waals surface area contributed by atoms with Gasteiger partial charge >= 0.3 is 8.24 Å². The van der Waals surface area contributed by atoms with Crippen molar-refractivity contribution in [3.63, 3.8) is 0 Å². The Morgan fingerprint density at radius 2 is 0.750 bits per heavy atom. The molecule has 0 amide bonds. The molecule has 0 aliphatic heterocycles. The standard InChI is InChI=1S/C56H41O7P/c1-31(32-13-7-6-8-14-32)61-64-62-55-41(27-47(59-4)43-29-45(57-2)39-25-23-35-21-19-33-15-9-11-17-37(33)49(35)51(39)53(43)55)42-28-48(60-5)44-30-46(58-3)40-26-24-36-22-20-34-16-10-12-18-38(34)50(36)52(40)54(44)56(42)63-64/h6-31H,1-5H3/t31-/m0/s1. The SMILES string of the molecule is COc1cc2c3cc(OC)c4cc(OC)c5ccc6ccc7ccccc7c6c5c4c3op(O[C@@H](C)c3ccccc3)oc2c2c1cc(OC)c1ccc3ccc4ccccc4c3c12. The Kier molecular flexibility index (Phi) is 8.87. The van der Waals surface area contributed by atoms with Crippen molar-refractivity contribution < 1.29 is 31.9 Å². The van der Waals surface area contributed by atoms with Gasteiger partial charge in [-0.15, -0.1) is 0 Å². The summed E-state index contributed by atoms with van der Waals surface area (Å²) in [6.45, 7) is 2.04. The van der Waals surface area contributed by atoms with E-state index in [1.165, 1.54) is 0 Å². The van der Waals surface area contributed by atoms with E-state index < -0.39 is 8.24 Å². The molecule has 312 valence electrons. The Labute approximate surface area is 368 Å². The minimum absolute atomic E-state index is 0.380. The minimum atomic E-state index is -2.14. The molecule has 0 spiro atoms. The fourth-order valence-corrected chi connectivity index (χ4v) is 11.2. The highest BCUT2D eigenvalue weighted by Gasteiger charge is 2.25. The predicted octanol–water partition coefficient (Wildman–Crippen LogP) is 15.7. The molecule has 0 aliphatic rings. The molecule has 8 heteroatoms. The minimum Gasteiger partial charge on any atom is -0.496 e. The first-order valence-corrected chi connectivity index (χ1v) is 22.4. The summed E-state index contributed by atoms with van der Waals surface area (Å²) in [6, 6.07) is 52.7. The fraction of sp³-hybridized carbons (Fsp3) is 0.107. The van der Waals surface area contributed by atoms with Crippen LogP contribution in [0.15, 0.2) is 160 Å². The van der Waals surface area contributed by atoms with Crippen LogP contribution in [-0.4, -0.2) is 28.4 Å². The molecule has 12 aromatic rings. The number of rotatable bonds is 7. The molecule has 0 fully saturated rings. The lowest BCUT2D eigenvalue weighted by molar-refractivity contribution is 0.286. The maximum Gasteiger partial charge on any atom is 0.388 e. The van der Waals surface area contributed by atoms with Gasteiger partial charge in [0.05, 0.1) is 34.5 Å². The van der Waals surface area contributed by atoms with Gasteiger partial charge in [-0.1, -0.05) is 115 Å². The van der Waals surface area contributed by atoms with Gasteiger partial charge in [-0.25, -0.2) is 0 Å². The average Bonchev–Trinajstić information content (AvgIpc) is 3.50. The predicted molar refractivity (Wildman–Crippen MR) is 264 cm³/mol. The molecule has 12 rings (SSSR count). The van der Waals surface area contributed by atoms with Crippen LogP contribution >= 0.6 is 8.24 Å². The Balaban J connectivity index is 1.38. The molecule has 7 nitrogen and oxygen atoms in total. The third-order valence-corrected chi connectivity index (χ3v) is 14.1. The summed E-state index contributed by atoms with van der Waals surface area (Å²) in [5.41, 5.74) is 2.23. The second-order valence-electron chi connectivity index (χ2n) is 16.2. The Hall–Kier alpha value is -7.44. The van der Waals surface area contributed by atoms with Crippen molar-refractivity contribution in [1.29, 1.82) is 0 Å². The zero-order chi connectivity index (χ0) is 43.2. The Bertz CT molecular complexity index is 3720. The van der Waals surface area contributed by atoms with E-state index in [1.54, 1.807) is 28.4 Å². The van der Waals surface area contributed by atoms with Crippen molar-refractivity contribution in [2.45, 2.75) is 13.0 Å². The summed E-state index contributed by atoms with van der Waals surface area (Å²) in [6.07, 6.45) is -0.380. The topological polar surface area (TPSA) is 72.4 Å². The van der Waals surface area contributed by atoms with Gasteiger partial charge in [-0.3, -0.25) is 4.52 Å². The van der Waals surface area contributed by atoms with E-state index in [2.05, 4.69) is 133 Å². The van der Waals surface area contributed by atoms with Crippen LogP contribution in [0.2, 0.25) is 0 Å². The molecule has 11 aromatic carbocycles. The normalized spacial score (nSPS) is 12.5. The van der Waals surface area contributed by atoms with Crippen LogP contribution in [0, 0.1) is 0 Å². The van der Waals surface area contributed by atoms with Crippen LogP contribution in [-0.2, 0) is 0 Å². The summed E-state index contributed by atoms with van der Waals surface area (Å²) in [5, 5.41) is 17.6. The highest BCUT2D eigenvalue weighted by Crippen LogP contribution is 2.52. The van der Waals surface area contributed by atoms with E-state index in [0.717, 1.165) is 114 Å². The van der Waals surface area contributed by atoms with Gasteiger partial charge in [-0.05, 0) is 92.0 Å². The van der Waals surface area contributed by atoms with Crippen molar-refractivity contribution in [3.05, 3.63) is 157 Å². The van der Waals surface area contributed by atoms with E-state index in [9.17, 15) is 0 Å². The average molecular weight is 857 g/mol. The second kappa shape index (κ2) is 14.8. The van der Waals surface area contributed by atoms with Crippen LogP contribution in [0.25, 0.3) is 108 Å². The molecule has 0 saturated heterocycles. The number of ether oxygens (including phenoxy) is 4. The van der Waals surface area contributed by atoms with Gasteiger partial charge in [-0.2, -0.15) is 0 Å². The third-order valence-electron chi connectivity index (χ3n) is 13.0. The van der Waals surface area contributed by atoms with Gasteiger partial charge in [0.1, 0.15) is 23.0 Å². The van der Waals surface area contributed by atoms with Crippen molar-refractivity contribution in [2.24, 2.45) is 0 Å². The van der Waals surface area contributed by atoms with Gasteiger partial charge in [0.2, 0.25) is 0 Å². The van der Waals surface area contributed by atoms with Crippen LogP contribution in [0.1, 0.15) is 18.6 Å². The molecule has 1 atom stereocenters. The number of hydrogen-bond donors (Lipinski definition) is 0. The maximum atomic E-state index is 7.38. The number of methoxy groups -OCH3 is 4. The number of fused-ring (bicyclic) bond motifs is 19. The molecular formula is C56H41O7P. The molecule has 64 heavy (non-hydrogen) atoms. The smallest absolute Gasteiger partial charge is 0.388 e. The molecule has 0 radical (unpaired) electrons. The Morgan fingerprint density at radius 3 is 1.22 bits per heavy atom. The molecule has 1 heterocycles. The van der Waals surface area contributed by atoms with E-state index >= 15 is 0 Å². The lowest BCUT2D eigenvalue weighted by Gasteiger charge is -2.17. The quantitative estimate of drug-likeness (QED) is 0.148. The zero-order valence-corrected chi connectivity index (χ0v) is 36.7. The monoisotopic (exact) mass is 856 g/mol. The van der Waals surface area contributed by atoms with Crippen molar-refractivity contribution in [1.82, 2.24) is 0 Å². The van der Waals surface area contributed by atoms with E-state index in [1.807, 2.05) is 25.1 Å². The van der Waals surface area contributed by atoms with Crippen LogP contribution in [0.3, 0.4) is 0 Å². The molecule has 0 unspecified atom stereocenters. The summed E-state index contributed by atoms with van der Waals surface area (Å²) < 4.78 is 46.9. The van der Waals surface area contributed by atoms with Crippen molar-refractivity contribution in [3.8, 4) is 23.0 Å².